The van der Waals surface area contributed by atoms with Crippen molar-refractivity contribution in [1.82, 2.24) is 4.98 Å². The van der Waals surface area contributed by atoms with Gasteiger partial charge in [-0.1, -0.05) is 66.2 Å². The predicted molar refractivity (Wildman–Crippen MR) is 84.2 cm³/mol. The average Bonchev–Trinajstić information content (AvgIpc) is 2.56. The first-order valence-electron chi connectivity index (χ1n) is 6.66. The third-order valence-electron chi connectivity index (χ3n) is 3.53. The van der Waals surface area contributed by atoms with E-state index in [1.54, 1.807) is 24.5 Å². The Morgan fingerprint density at radius 1 is 0.810 bits per heavy atom. The topological polar surface area (TPSA) is 33.1 Å². The van der Waals surface area contributed by atoms with E-state index in [2.05, 4.69) is 4.98 Å². The lowest BCUT2D eigenvalue weighted by Crippen LogP contribution is -2.29. The first kappa shape index (κ1) is 13.8. The Labute approximate surface area is 128 Å². The van der Waals surface area contributed by atoms with Crippen LogP contribution in [0.25, 0.3) is 0 Å². The molecule has 0 fully saturated rings. The first-order chi connectivity index (χ1) is 10.2. The number of pyridine rings is 1. The second-order valence-corrected chi connectivity index (χ2v) is 5.21. The number of hydrogen-bond donors (Lipinski definition) is 1. The molecule has 3 aromatic rings. The maximum Gasteiger partial charge on any atom is 0.143 e. The summed E-state index contributed by atoms with van der Waals surface area (Å²) in [6.45, 7) is 0. The first-order valence-corrected chi connectivity index (χ1v) is 7.04. The van der Waals surface area contributed by atoms with Crippen molar-refractivity contribution in [2.45, 2.75) is 5.60 Å². The van der Waals surface area contributed by atoms with Gasteiger partial charge >= 0.3 is 0 Å². The quantitative estimate of drug-likeness (QED) is 0.792. The molecule has 0 saturated carbocycles. The predicted octanol–water partition coefficient (Wildman–Crippen LogP) is 4.02. The van der Waals surface area contributed by atoms with E-state index in [1.807, 2.05) is 54.6 Å². The summed E-state index contributed by atoms with van der Waals surface area (Å²) >= 11 is 6.33. The Bertz CT molecular complexity index is 689. The SMILES string of the molecule is OC(c1ccccc1)(c1cccnc1)c1ccccc1Cl. The Kier molecular flexibility index (Phi) is 3.74. The summed E-state index contributed by atoms with van der Waals surface area (Å²) < 4.78 is 0. The molecule has 104 valence electrons. The van der Waals surface area contributed by atoms with Gasteiger partial charge in [-0.3, -0.25) is 4.98 Å². The number of halogens is 1. The molecular weight excluding hydrogens is 282 g/mol. The summed E-state index contributed by atoms with van der Waals surface area (Å²) in [7, 11) is 0. The standard InChI is InChI=1S/C18H14ClNO/c19-17-11-5-4-10-16(17)18(21,14-7-2-1-3-8-14)15-9-6-12-20-13-15/h1-13,21H. The van der Waals surface area contributed by atoms with Gasteiger partial charge in [0.2, 0.25) is 0 Å². The number of hydrogen-bond acceptors (Lipinski definition) is 2. The Balaban J connectivity index is 2.29. The molecular formula is C18H14ClNO. The van der Waals surface area contributed by atoms with Crippen molar-refractivity contribution in [2.75, 3.05) is 0 Å². The summed E-state index contributed by atoms with van der Waals surface area (Å²) in [5.74, 6) is 0. The molecule has 21 heavy (non-hydrogen) atoms. The zero-order valence-corrected chi connectivity index (χ0v) is 12.0. The van der Waals surface area contributed by atoms with E-state index < -0.39 is 5.60 Å². The maximum absolute atomic E-state index is 11.5. The second kappa shape index (κ2) is 5.68. The van der Waals surface area contributed by atoms with Gasteiger partial charge in [0, 0.05) is 28.5 Å². The Morgan fingerprint density at radius 2 is 1.48 bits per heavy atom. The van der Waals surface area contributed by atoms with Crippen LogP contribution in [0.5, 0.6) is 0 Å². The molecule has 1 heterocycles. The van der Waals surface area contributed by atoms with Crippen LogP contribution in [0.4, 0.5) is 0 Å². The second-order valence-electron chi connectivity index (χ2n) is 4.80. The van der Waals surface area contributed by atoms with Gasteiger partial charge in [0.15, 0.2) is 0 Å². The van der Waals surface area contributed by atoms with Gasteiger partial charge in [-0.25, -0.2) is 0 Å². The lowest BCUT2D eigenvalue weighted by molar-refractivity contribution is 0.125. The molecule has 0 bridgehead atoms. The third-order valence-corrected chi connectivity index (χ3v) is 3.86. The fourth-order valence-corrected chi connectivity index (χ4v) is 2.76. The van der Waals surface area contributed by atoms with Crippen molar-refractivity contribution < 1.29 is 5.11 Å². The molecule has 1 N–H and O–H groups in total. The van der Waals surface area contributed by atoms with E-state index in [4.69, 9.17) is 11.6 Å². The van der Waals surface area contributed by atoms with Gasteiger partial charge < -0.3 is 5.11 Å². The van der Waals surface area contributed by atoms with Gasteiger partial charge in [-0.2, -0.15) is 0 Å². The van der Waals surface area contributed by atoms with E-state index in [9.17, 15) is 5.11 Å². The number of aromatic nitrogens is 1. The summed E-state index contributed by atoms with van der Waals surface area (Å²) in [5, 5.41) is 12.0. The summed E-state index contributed by atoms with van der Waals surface area (Å²) in [5.41, 5.74) is 0.759. The van der Waals surface area contributed by atoms with Crippen LogP contribution < -0.4 is 0 Å². The zero-order chi connectivity index (χ0) is 14.7. The molecule has 0 saturated heterocycles. The summed E-state index contributed by atoms with van der Waals surface area (Å²) in [6, 6.07) is 20.5. The zero-order valence-electron chi connectivity index (χ0n) is 11.3. The minimum Gasteiger partial charge on any atom is -0.376 e. The largest absolute Gasteiger partial charge is 0.376 e. The maximum atomic E-state index is 11.5. The van der Waals surface area contributed by atoms with Gasteiger partial charge in [0.1, 0.15) is 5.60 Å². The number of aliphatic hydroxyl groups is 1. The fraction of sp³-hybridized carbons (Fsp3) is 0.0556. The molecule has 1 aromatic heterocycles. The highest BCUT2D eigenvalue weighted by atomic mass is 35.5. The van der Waals surface area contributed by atoms with E-state index >= 15 is 0 Å². The minimum absolute atomic E-state index is 0.521. The van der Waals surface area contributed by atoms with Crippen molar-refractivity contribution in [1.29, 1.82) is 0 Å². The van der Waals surface area contributed by atoms with Crippen LogP contribution in [0.1, 0.15) is 16.7 Å². The molecule has 0 spiro atoms. The van der Waals surface area contributed by atoms with Crippen molar-refractivity contribution in [3.8, 4) is 0 Å². The highest BCUT2D eigenvalue weighted by molar-refractivity contribution is 6.31. The van der Waals surface area contributed by atoms with Crippen LogP contribution in [0, 0.1) is 0 Å². The molecule has 2 aromatic carbocycles. The summed E-state index contributed by atoms with van der Waals surface area (Å²) in [4.78, 5) is 4.13. The van der Waals surface area contributed by atoms with Crippen LogP contribution in [0.2, 0.25) is 5.02 Å². The van der Waals surface area contributed by atoms with Crippen molar-refractivity contribution in [3.05, 3.63) is 101 Å². The lowest BCUT2D eigenvalue weighted by atomic mass is 9.81. The smallest absolute Gasteiger partial charge is 0.143 e. The minimum atomic E-state index is -1.33. The summed E-state index contributed by atoms with van der Waals surface area (Å²) in [6.07, 6.45) is 3.35. The van der Waals surface area contributed by atoms with Crippen LogP contribution >= 0.6 is 11.6 Å². The molecule has 0 aliphatic rings. The van der Waals surface area contributed by atoms with Crippen LogP contribution in [0.3, 0.4) is 0 Å². The number of benzene rings is 2. The van der Waals surface area contributed by atoms with Crippen molar-refractivity contribution >= 4 is 11.6 Å². The van der Waals surface area contributed by atoms with Gasteiger partial charge in [0.05, 0.1) is 0 Å². The van der Waals surface area contributed by atoms with Crippen molar-refractivity contribution in [3.63, 3.8) is 0 Å². The molecule has 0 aliphatic heterocycles. The van der Waals surface area contributed by atoms with E-state index in [0.29, 0.717) is 16.1 Å². The third kappa shape index (κ3) is 2.44. The molecule has 1 atom stereocenters. The van der Waals surface area contributed by atoms with Crippen molar-refractivity contribution in [2.24, 2.45) is 0 Å². The van der Waals surface area contributed by atoms with Crippen LogP contribution in [-0.2, 0) is 5.60 Å². The monoisotopic (exact) mass is 295 g/mol. The molecule has 3 heteroatoms. The normalized spacial score (nSPS) is 13.6. The van der Waals surface area contributed by atoms with E-state index in [1.165, 1.54) is 0 Å². The van der Waals surface area contributed by atoms with Gasteiger partial charge in [-0.05, 0) is 17.7 Å². The molecule has 0 aliphatic carbocycles. The Hall–Kier alpha value is -2.16. The molecule has 0 radical (unpaired) electrons. The van der Waals surface area contributed by atoms with Crippen LogP contribution in [-0.4, -0.2) is 10.1 Å². The number of rotatable bonds is 3. The van der Waals surface area contributed by atoms with Gasteiger partial charge in [0.25, 0.3) is 0 Å². The molecule has 0 amide bonds. The fourth-order valence-electron chi connectivity index (χ4n) is 2.49. The Morgan fingerprint density at radius 3 is 2.14 bits per heavy atom. The highest BCUT2D eigenvalue weighted by Gasteiger charge is 2.35. The molecule has 2 nitrogen and oxygen atoms in total. The highest BCUT2D eigenvalue weighted by Crippen LogP contribution is 2.39. The molecule has 1 unspecified atom stereocenters. The van der Waals surface area contributed by atoms with E-state index in [-0.39, 0.29) is 0 Å². The van der Waals surface area contributed by atoms with E-state index in [0.717, 1.165) is 5.56 Å². The lowest BCUT2D eigenvalue weighted by Gasteiger charge is -2.30. The van der Waals surface area contributed by atoms with Crippen LogP contribution in [0.15, 0.2) is 79.1 Å². The van der Waals surface area contributed by atoms with Gasteiger partial charge in [-0.15, -0.1) is 0 Å². The average molecular weight is 296 g/mol. The molecule has 3 rings (SSSR count). The number of nitrogens with zero attached hydrogens (tertiary/aromatic N) is 1.